The van der Waals surface area contributed by atoms with Gasteiger partial charge in [0.05, 0.1) is 26.2 Å². The molecule has 1 aliphatic heterocycles. The van der Waals surface area contributed by atoms with E-state index in [0.29, 0.717) is 26.3 Å². The molecule has 0 aromatic carbocycles. The van der Waals surface area contributed by atoms with E-state index >= 15 is 0 Å². The maximum Gasteiger partial charge on any atom is 0.305 e. The third-order valence-corrected chi connectivity index (χ3v) is 3.00. The molecular formula is C11H20N2O4. The van der Waals surface area contributed by atoms with Crippen molar-refractivity contribution in [1.29, 1.82) is 0 Å². The fraction of sp³-hybridized carbons (Fsp3) is 0.818. The maximum absolute atomic E-state index is 11.8. The highest BCUT2D eigenvalue weighted by molar-refractivity contribution is 5.78. The molecule has 1 atom stereocenters. The number of carboxylic acids is 1. The van der Waals surface area contributed by atoms with Crippen LogP contribution >= 0.6 is 0 Å². The van der Waals surface area contributed by atoms with Gasteiger partial charge >= 0.3 is 5.97 Å². The van der Waals surface area contributed by atoms with Crippen LogP contribution in [0.15, 0.2) is 0 Å². The number of likely N-dealkylation sites (N-methyl/N-ethyl adjacent to an activating group) is 1. The van der Waals surface area contributed by atoms with Crippen molar-refractivity contribution in [2.45, 2.75) is 19.4 Å². The first kappa shape index (κ1) is 13.9. The van der Waals surface area contributed by atoms with Gasteiger partial charge in [-0.3, -0.25) is 14.5 Å². The second kappa shape index (κ2) is 6.56. The Bertz CT molecular complexity index is 283. The van der Waals surface area contributed by atoms with Crippen LogP contribution in [0.25, 0.3) is 0 Å². The van der Waals surface area contributed by atoms with E-state index in [9.17, 15) is 9.59 Å². The van der Waals surface area contributed by atoms with Gasteiger partial charge in [-0.2, -0.15) is 0 Å². The molecule has 1 amide bonds. The zero-order valence-electron chi connectivity index (χ0n) is 10.4. The van der Waals surface area contributed by atoms with Gasteiger partial charge in [0, 0.05) is 26.2 Å². The minimum Gasteiger partial charge on any atom is -0.481 e. The third kappa shape index (κ3) is 4.32. The number of morpholine rings is 1. The summed E-state index contributed by atoms with van der Waals surface area (Å²) in [6, 6.07) is -0.199. The minimum absolute atomic E-state index is 0.0170. The normalized spacial score (nSPS) is 21.2. The molecule has 6 nitrogen and oxygen atoms in total. The molecule has 6 heteroatoms. The van der Waals surface area contributed by atoms with Crippen LogP contribution in [0.3, 0.4) is 0 Å². The monoisotopic (exact) mass is 244 g/mol. The smallest absolute Gasteiger partial charge is 0.305 e. The van der Waals surface area contributed by atoms with Gasteiger partial charge in [0.25, 0.3) is 0 Å². The van der Waals surface area contributed by atoms with Crippen LogP contribution in [0.4, 0.5) is 0 Å². The SMILES string of the molecule is CCN(C)C(=O)CN1CCOCC1CC(=O)O. The molecule has 98 valence electrons. The first-order chi connectivity index (χ1) is 8.04. The van der Waals surface area contributed by atoms with Gasteiger partial charge in [-0.1, -0.05) is 0 Å². The number of nitrogens with zero attached hydrogens (tertiary/aromatic N) is 2. The maximum atomic E-state index is 11.8. The van der Waals surface area contributed by atoms with E-state index in [0.717, 1.165) is 0 Å². The van der Waals surface area contributed by atoms with Crippen LogP contribution in [0.5, 0.6) is 0 Å². The van der Waals surface area contributed by atoms with E-state index in [4.69, 9.17) is 9.84 Å². The van der Waals surface area contributed by atoms with Crippen LogP contribution < -0.4 is 0 Å². The van der Waals surface area contributed by atoms with Crippen LogP contribution in [0, 0.1) is 0 Å². The molecule has 1 aliphatic rings. The number of amides is 1. The summed E-state index contributed by atoms with van der Waals surface area (Å²) >= 11 is 0. The fourth-order valence-corrected chi connectivity index (χ4v) is 1.76. The molecule has 1 rings (SSSR count). The largest absolute Gasteiger partial charge is 0.481 e. The first-order valence-corrected chi connectivity index (χ1v) is 5.82. The molecule has 1 fully saturated rings. The van der Waals surface area contributed by atoms with E-state index in [-0.39, 0.29) is 24.9 Å². The van der Waals surface area contributed by atoms with Crippen molar-refractivity contribution in [3.8, 4) is 0 Å². The van der Waals surface area contributed by atoms with Gasteiger partial charge in [-0.15, -0.1) is 0 Å². The van der Waals surface area contributed by atoms with Crippen molar-refractivity contribution in [2.75, 3.05) is 39.9 Å². The Morgan fingerprint density at radius 2 is 2.24 bits per heavy atom. The summed E-state index contributed by atoms with van der Waals surface area (Å²) in [5, 5.41) is 8.80. The molecule has 1 heterocycles. The highest BCUT2D eigenvalue weighted by atomic mass is 16.5. The molecule has 1 saturated heterocycles. The van der Waals surface area contributed by atoms with Crippen LogP contribution in [0.1, 0.15) is 13.3 Å². The van der Waals surface area contributed by atoms with E-state index in [1.807, 2.05) is 11.8 Å². The number of hydrogen-bond donors (Lipinski definition) is 1. The van der Waals surface area contributed by atoms with Crippen LogP contribution in [-0.4, -0.2) is 72.7 Å². The molecule has 0 aromatic heterocycles. The number of hydrogen-bond acceptors (Lipinski definition) is 4. The summed E-state index contributed by atoms with van der Waals surface area (Å²) in [7, 11) is 1.75. The number of carbonyl (C=O) groups is 2. The fourth-order valence-electron chi connectivity index (χ4n) is 1.76. The summed E-state index contributed by atoms with van der Waals surface area (Å²) < 4.78 is 5.25. The molecular weight excluding hydrogens is 224 g/mol. The van der Waals surface area contributed by atoms with Gasteiger partial charge in [-0.25, -0.2) is 0 Å². The molecule has 0 radical (unpaired) electrons. The summed E-state index contributed by atoms with van der Waals surface area (Å²) in [6.45, 7) is 4.39. The summed E-state index contributed by atoms with van der Waals surface area (Å²) in [5.74, 6) is -0.841. The molecule has 0 bridgehead atoms. The number of carbonyl (C=O) groups excluding carboxylic acids is 1. The van der Waals surface area contributed by atoms with Crippen molar-refractivity contribution in [3.05, 3.63) is 0 Å². The van der Waals surface area contributed by atoms with Crippen LogP contribution in [-0.2, 0) is 14.3 Å². The lowest BCUT2D eigenvalue weighted by atomic mass is 10.1. The predicted molar refractivity (Wildman–Crippen MR) is 61.7 cm³/mol. The standard InChI is InChI=1S/C11H20N2O4/c1-3-12(2)10(14)7-13-4-5-17-8-9(13)6-11(15)16/h9H,3-8H2,1-2H3,(H,15,16). The van der Waals surface area contributed by atoms with E-state index in [1.165, 1.54) is 0 Å². The minimum atomic E-state index is -0.859. The van der Waals surface area contributed by atoms with Crippen molar-refractivity contribution in [3.63, 3.8) is 0 Å². The lowest BCUT2D eigenvalue weighted by molar-refractivity contribution is -0.142. The first-order valence-electron chi connectivity index (χ1n) is 5.82. The zero-order chi connectivity index (χ0) is 12.8. The molecule has 0 aromatic rings. The average Bonchev–Trinajstić information content (AvgIpc) is 2.29. The van der Waals surface area contributed by atoms with Crippen molar-refractivity contribution >= 4 is 11.9 Å². The average molecular weight is 244 g/mol. The molecule has 0 saturated carbocycles. The second-order valence-electron chi connectivity index (χ2n) is 4.20. The van der Waals surface area contributed by atoms with Gasteiger partial charge in [0.1, 0.15) is 0 Å². The van der Waals surface area contributed by atoms with Gasteiger partial charge in [0.2, 0.25) is 5.91 Å². The van der Waals surface area contributed by atoms with Gasteiger partial charge in [0.15, 0.2) is 0 Å². The zero-order valence-corrected chi connectivity index (χ0v) is 10.4. The number of rotatable bonds is 5. The Labute approximate surface area is 101 Å². The summed E-state index contributed by atoms with van der Waals surface area (Å²) in [5.41, 5.74) is 0. The summed E-state index contributed by atoms with van der Waals surface area (Å²) in [4.78, 5) is 26.0. The highest BCUT2D eigenvalue weighted by Crippen LogP contribution is 2.10. The molecule has 1 unspecified atom stereocenters. The molecule has 0 aliphatic carbocycles. The number of carboxylic acid groups (broad SMARTS) is 1. The Morgan fingerprint density at radius 1 is 1.53 bits per heavy atom. The van der Waals surface area contributed by atoms with Crippen molar-refractivity contribution < 1.29 is 19.4 Å². The number of ether oxygens (including phenoxy) is 1. The van der Waals surface area contributed by atoms with E-state index in [1.54, 1.807) is 11.9 Å². The topological polar surface area (TPSA) is 70.1 Å². The predicted octanol–water partition coefficient (Wildman–Crippen LogP) is -0.360. The van der Waals surface area contributed by atoms with Gasteiger partial charge < -0.3 is 14.7 Å². The third-order valence-electron chi connectivity index (χ3n) is 3.00. The quantitative estimate of drug-likeness (QED) is 0.715. The Hall–Kier alpha value is -1.14. The highest BCUT2D eigenvalue weighted by Gasteiger charge is 2.27. The molecule has 0 spiro atoms. The Balaban J connectivity index is 2.53. The Kier molecular flexibility index (Phi) is 5.37. The van der Waals surface area contributed by atoms with Crippen LogP contribution in [0.2, 0.25) is 0 Å². The van der Waals surface area contributed by atoms with E-state index in [2.05, 4.69) is 0 Å². The lowest BCUT2D eigenvalue weighted by Crippen LogP contribution is -2.50. The second-order valence-corrected chi connectivity index (χ2v) is 4.20. The van der Waals surface area contributed by atoms with Crippen molar-refractivity contribution in [1.82, 2.24) is 9.80 Å². The van der Waals surface area contributed by atoms with Gasteiger partial charge in [-0.05, 0) is 6.92 Å². The summed E-state index contributed by atoms with van der Waals surface area (Å²) in [6.07, 6.45) is 0.0170. The molecule has 17 heavy (non-hydrogen) atoms. The molecule has 1 N–H and O–H groups in total. The van der Waals surface area contributed by atoms with Crippen molar-refractivity contribution in [2.24, 2.45) is 0 Å². The van der Waals surface area contributed by atoms with E-state index < -0.39 is 5.97 Å². The lowest BCUT2D eigenvalue weighted by Gasteiger charge is -2.35. The Morgan fingerprint density at radius 3 is 2.82 bits per heavy atom. The number of aliphatic carboxylic acids is 1.